The largest absolute Gasteiger partial charge is 0.480 e. The van der Waals surface area contributed by atoms with E-state index >= 15 is 0 Å². The number of amides is 3. The monoisotopic (exact) mass is 555 g/mol. The number of carboxylic acid groups (broad SMARTS) is 1. The van der Waals surface area contributed by atoms with E-state index in [9.17, 15) is 19.5 Å². The van der Waals surface area contributed by atoms with Gasteiger partial charge < -0.3 is 30.8 Å². The van der Waals surface area contributed by atoms with Crippen LogP contribution in [0.1, 0.15) is 19.5 Å². The summed E-state index contributed by atoms with van der Waals surface area (Å²) in [4.78, 5) is 43.2. The summed E-state index contributed by atoms with van der Waals surface area (Å²) in [5.41, 5.74) is 0.143. The van der Waals surface area contributed by atoms with E-state index in [1.807, 2.05) is 0 Å². The number of ether oxygens (including phenoxy) is 1. The van der Waals surface area contributed by atoms with Gasteiger partial charge >= 0.3 is 12.0 Å². The van der Waals surface area contributed by atoms with Gasteiger partial charge in [0.2, 0.25) is 0 Å². The van der Waals surface area contributed by atoms with Crippen molar-refractivity contribution in [2.75, 3.05) is 10.6 Å². The van der Waals surface area contributed by atoms with Crippen LogP contribution >= 0.6 is 35.6 Å². The van der Waals surface area contributed by atoms with Gasteiger partial charge in [-0.05, 0) is 56.3 Å². The predicted molar refractivity (Wildman–Crippen MR) is 139 cm³/mol. The SMILES string of the molecule is CC(C)(Oc1ccc(NC(=O)Nc2ccc(Cl)c(Cl)c2)cc1)C(=O)NC(Cc1cnc[nH]1)C(=O)O.Cl. The molecule has 0 aliphatic carbocycles. The number of hydrogen-bond donors (Lipinski definition) is 5. The number of rotatable bonds is 9. The molecule has 36 heavy (non-hydrogen) atoms. The van der Waals surface area contributed by atoms with E-state index in [1.54, 1.807) is 36.4 Å². The molecule has 2 aromatic carbocycles. The van der Waals surface area contributed by atoms with Crippen molar-refractivity contribution in [1.82, 2.24) is 15.3 Å². The van der Waals surface area contributed by atoms with Crippen LogP contribution < -0.4 is 20.7 Å². The summed E-state index contributed by atoms with van der Waals surface area (Å²) in [6.45, 7) is 3.04. The number of benzene rings is 2. The number of carbonyl (C=O) groups excluding carboxylic acids is 2. The molecule has 0 aliphatic rings. The molecule has 0 aliphatic heterocycles. The van der Waals surface area contributed by atoms with Crippen LogP contribution in [0.4, 0.5) is 16.2 Å². The molecule has 0 radical (unpaired) electrons. The summed E-state index contributed by atoms with van der Waals surface area (Å²) >= 11 is 11.8. The van der Waals surface area contributed by atoms with Gasteiger partial charge in [0.25, 0.3) is 5.91 Å². The number of H-pyrrole nitrogens is 1. The lowest BCUT2D eigenvalue weighted by Crippen LogP contribution is -2.53. The first-order valence-corrected chi connectivity index (χ1v) is 11.1. The normalized spacial score (nSPS) is 11.6. The third kappa shape index (κ3) is 8.04. The number of carboxylic acids is 1. The number of aromatic nitrogens is 2. The molecule has 0 spiro atoms. The van der Waals surface area contributed by atoms with Crippen molar-refractivity contribution in [1.29, 1.82) is 0 Å². The highest BCUT2D eigenvalue weighted by Crippen LogP contribution is 2.25. The van der Waals surface area contributed by atoms with Crippen molar-refractivity contribution < 1.29 is 24.2 Å². The van der Waals surface area contributed by atoms with Crippen molar-refractivity contribution in [3.63, 3.8) is 0 Å². The average Bonchev–Trinajstić information content (AvgIpc) is 3.30. The summed E-state index contributed by atoms with van der Waals surface area (Å²) in [5.74, 6) is -1.44. The summed E-state index contributed by atoms with van der Waals surface area (Å²) in [6.07, 6.45) is 2.96. The molecule has 3 amide bonds. The maximum atomic E-state index is 12.7. The van der Waals surface area contributed by atoms with Crippen molar-refractivity contribution in [2.45, 2.75) is 31.9 Å². The van der Waals surface area contributed by atoms with E-state index in [1.165, 1.54) is 32.4 Å². The van der Waals surface area contributed by atoms with Crippen LogP contribution in [0.15, 0.2) is 55.0 Å². The minimum absolute atomic E-state index is 0. The fraction of sp³-hybridized carbons (Fsp3) is 0.217. The van der Waals surface area contributed by atoms with Crippen molar-refractivity contribution >= 4 is 64.9 Å². The van der Waals surface area contributed by atoms with Crippen LogP contribution in [0.5, 0.6) is 5.75 Å². The van der Waals surface area contributed by atoms with E-state index in [2.05, 4.69) is 25.9 Å². The molecule has 0 saturated heterocycles. The number of aromatic amines is 1. The Hall–Kier alpha value is -3.47. The quantitative estimate of drug-likeness (QED) is 0.257. The second kappa shape index (κ2) is 12.5. The highest BCUT2D eigenvalue weighted by atomic mass is 35.5. The van der Waals surface area contributed by atoms with E-state index in [4.69, 9.17) is 27.9 Å². The number of anilines is 2. The van der Waals surface area contributed by atoms with Gasteiger partial charge in [0, 0.05) is 29.7 Å². The molecular weight excluding hydrogens is 533 g/mol. The topological polar surface area (TPSA) is 145 Å². The molecule has 1 heterocycles. The molecule has 0 bridgehead atoms. The first-order chi connectivity index (χ1) is 16.5. The summed E-state index contributed by atoms with van der Waals surface area (Å²) < 4.78 is 5.78. The molecule has 1 aromatic heterocycles. The number of hydrogen-bond acceptors (Lipinski definition) is 5. The third-order valence-electron chi connectivity index (χ3n) is 4.79. The van der Waals surface area contributed by atoms with Gasteiger partial charge in [-0.3, -0.25) is 4.79 Å². The zero-order valence-electron chi connectivity index (χ0n) is 19.2. The Kier molecular flexibility index (Phi) is 9.97. The van der Waals surface area contributed by atoms with Gasteiger partial charge in [0.05, 0.1) is 16.4 Å². The zero-order chi connectivity index (χ0) is 25.6. The van der Waals surface area contributed by atoms with E-state index < -0.39 is 29.6 Å². The number of carbonyl (C=O) groups is 3. The number of nitrogens with zero attached hydrogens (tertiary/aromatic N) is 1. The molecule has 0 fully saturated rings. The summed E-state index contributed by atoms with van der Waals surface area (Å²) in [5, 5.41) is 17.9. The van der Waals surface area contributed by atoms with Crippen molar-refractivity contribution in [2.24, 2.45) is 0 Å². The van der Waals surface area contributed by atoms with E-state index in [0.29, 0.717) is 32.9 Å². The fourth-order valence-electron chi connectivity index (χ4n) is 2.96. The Morgan fingerprint density at radius 3 is 2.28 bits per heavy atom. The molecular formula is C23H24Cl3N5O5. The number of aliphatic carboxylic acids is 1. The maximum absolute atomic E-state index is 12.7. The highest BCUT2D eigenvalue weighted by Gasteiger charge is 2.33. The zero-order valence-corrected chi connectivity index (χ0v) is 21.5. The van der Waals surface area contributed by atoms with E-state index in [-0.39, 0.29) is 18.8 Å². The first-order valence-electron chi connectivity index (χ1n) is 10.4. The lowest BCUT2D eigenvalue weighted by Gasteiger charge is -2.27. The lowest BCUT2D eigenvalue weighted by molar-refractivity contribution is -0.145. The van der Waals surface area contributed by atoms with E-state index in [0.717, 1.165) is 0 Å². The third-order valence-corrected chi connectivity index (χ3v) is 5.53. The van der Waals surface area contributed by atoms with Crippen LogP contribution in [0.2, 0.25) is 10.0 Å². The van der Waals surface area contributed by atoms with Gasteiger partial charge in [-0.1, -0.05) is 23.2 Å². The number of urea groups is 1. The Bertz CT molecular complexity index is 1200. The Labute approximate surface area is 223 Å². The minimum atomic E-state index is -1.37. The highest BCUT2D eigenvalue weighted by molar-refractivity contribution is 6.42. The van der Waals surface area contributed by atoms with Gasteiger partial charge in [-0.2, -0.15) is 0 Å². The molecule has 10 nitrogen and oxygen atoms in total. The minimum Gasteiger partial charge on any atom is -0.480 e. The molecule has 3 aromatic rings. The van der Waals surface area contributed by atoms with Crippen LogP contribution in [0, 0.1) is 0 Å². The number of nitrogens with one attached hydrogen (secondary N) is 4. The van der Waals surface area contributed by atoms with Crippen LogP contribution in [-0.2, 0) is 16.0 Å². The van der Waals surface area contributed by atoms with Crippen molar-refractivity contribution in [3.8, 4) is 5.75 Å². The molecule has 1 unspecified atom stereocenters. The fourth-order valence-corrected chi connectivity index (χ4v) is 3.26. The van der Waals surface area contributed by atoms with Crippen molar-refractivity contribution in [3.05, 3.63) is 70.7 Å². The molecule has 13 heteroatoms. The van der Waals surface area contributed by atoms with Crippen LogP contribution in [0.3, 0.4) is 0 Å². The van der Waals surface area contributed by atoms with Gasteiger partial charge in [-0.25, -0.2) is 14.6 Å². The maximum Gasteiger partial charge on any atom is 0.326 e. The molecule has 192 valence electrons. The standard InChI is InChI=1S/C23H23Cl2N5O5.ClH/c1-23(2,21(33)30-19(20(31)32)10-15-11-26-12-27-15)35-16-6-3-13(4-7-16)28-22(34)29-14-5-8-17(24)18(25)9-14;/h3-9,11-12,19H,10H2,1-2H3,(H,26,27)(H,30,33)(H,31,32)(H2,28,29,34);1H. The molecule has 5 N–H and O–H groups in total. The lowest BCUT2D eigenvalue weighted by atomic mass is 10.1. The Morgan fingerprint density at radius 1 is 1.06 bits per heavy atom. The van der Waals surface area contributed by atoms with Gasteiger partial charge in [0.15, 0.2) is 5.60 Å². The van der Waals surface area contributed by atoms with Crippen LogP contribution in [-0.4, -0.2) is 44.6 Å². The van der Waals surface area contributed by atoms with Gasteiger partial charge in [-0.15, -0.1) is 12.4 Å². The summed E-state index contributed by atoms with van der Waals surface area (Å²) in [6, 6.07) is 9.39. The first kappa shape index (κ1) is 28.8. The molecule has 0 saturated carbocycles. The number of halogens is 3. The number of imidazole rings is 1. The Balaban J connectivity index is 0.00000456. The second-order valence-electron chi connectivity index (χ2n) is 7.99. The summed E-state index contributed by atoms with van der Waals surface area (Å²) in [7, 11) is 0. The van der Waals surface area contributed by atoms with Crippen LogP contribution in [0.25, 0.3) is 0 Å². The average molecular weight is 557 g/mol. The Morgan fingerprint density at radius 2 is 1.69 bits per heavy atom. The molecule has 3 rings (SSSR count). The smallest absolute Gasteiger partial charge is 0.326 e. The molecule has 1 atom stereocenters. The predicted octanol–water partition coefficient (Wildman–Crippen LogP) is 4.75. The second-order valence-corrected chi connectivity index (χ2v) is 8.80. The van der Waals surface area contributed by atoms with Gasteiger partial charge in [0.1, 0.15) is 11.8 Å².